The summed E-state index contributed by atoms with van der Waals surface area (Å²) in [4.78, 5) is 30.3. The van der Waals surface area contributed by atoms with E-state index in [4.69, 9.17) is 14.2 Å². The second-order valence-electron chi connectivity index (χ2n) is 10.6. The molecule has 0 unspecified atom stereocenters. The van der Waals surface area contributed by atoms with Crippen molar-refractivity contribution in [2.24, 2.45) is 5.92 Å². The van der Waals surface area contributed by atoms with Crippen molar-refractivity contribution in [3.63, 3.8) is 0 Å². The van der Waals surface area contributed by atoms with E-state index >= 15 is 0 Å². The molecule has 0 radical (unpaired) electrons. The number of ketones is 1. The molecule has 1 aliphatic heterocycles. The van der Waals surface area contributed by atoms with E-state index in [1.807, 2.05) is 78.9 Å². The van der Waals surface area contributed by atoms with Gasteiger partial charge in [0.15, 0.2) is 11.9 Å². The molecule has 7 nitrogen and oxygen atoms in total. The quantitative estimate of drug-likeness (QED) is 0.157. The van der Waals surface area contributed by atoms with Gasteiger partial charge in [-0.05, 0) is 49.2 Å². The predicted molar refractivity (Wildman–Crippen MR) is 162 cm³/mol. The Morgan fingerprint density at radius 1 is 0.930 bits per heavy atom. The van der Waals surface area contributed by atoms with Crippen molar-refractivity contribution >= 4 is 22.7 Å². The van der Waals surface area contributed by atoms with Crippen LogP contribution in [0.5, 0.6) is 11.5 Å². The van der Waals surface area contributed by atoms with Gasteiger partial charge in [0.25, 0.3) is 0 Å². The number of carbonyl (C=O) groups is 2. The van der Waals surface area contributed by atoms with E-state index in [1.165, 1.54) is 6.92 Å². The third-order valence-corrected chi connectivity index (χ3v) is 7.65. The summed E-state index contributed by atoms with van der Waals surface area (Å²) in [5, 5.41) is 12.1. The van der Waals surface area contributed by atoms with Crippen LogP contribution in [0.2, 0.25) is 0 Å². The van der Waals surface area contributed by atoms with Crippen LogP contribution in [-0.2, 0) is 22.6 Å². The first-order chi connectivity index (χ1) is 21.0. The highest BCUT2D eigenvalue weighted by atomic mass is 16.6. The molecule has 0 saturated carbocycles. The highest BCUT2D eigenvalue weighted by Gasteiger charge is 2.36. The number of carbonyl (C=O) groups excluding carboxylic acids is 2. The smallest absolute Gasteiger partial charge is 0.340 e. The molecule has 43 heavy (non-hydrogen) atoms. The second-order valence-corrected chi connectivity index (χ2v) is 10.6. The summed E-state index contributed by atoms with van der Waals surface area (Å²) in [6.45, 7) is 1.97. The van der Waals surface area contributed by atoms with Crippen LogP contribution < -0.4 is 9.47 Å². The molecular weight excluding hydrogens is 542 g/mol. The lowest BCUT2D eigenvalue weighted by Gasteiger charge is -2.34. The number of aliphatic hydroxyl groups is 1. The molecule has 216 valence electrons. The number of nitrogens with zero attached hydrogens (tertiary/aromatic N) is 1. The van der Waals surface area contributed by atoms with Crippen LogP contribution in [-0.4, -0.2) is 28.4 Å². The molecule has 6 rings (SSSR count). The molecule has 0 spiro atoms. The standard InChI is InChI=1S/C36H31NO6/c1-23(38)29-12-6-7-13-30(29)34(39)36(40)43-35-26(19-24-9-3-2-4-10-24)21-42-33-18-17-28(20-31(33)35)41-22-27-16-15-25-11-5-8-14-32(25)37-27/h2-18,20,26,34-35,39H,19,21-22H2,1H3/t26-,34-,35+/m1/s1. The SMILES string of the molecule is CC(=O)c1ccccc1[C@@H](O)C(=O)O[C@@H]1c2cc(OCc3ccc4ccccc4n3)ccc2OC[C@H]1Cc1ccccc1. The highest BCUT2D eigenvalue weighted by molar-refractivity contribution is 5.97. The molecule has 0 saturated heterocycles. The van der Waals surface area contributed by atoms with Gasteiger partial charge < -0.3 is 19.3 Å². The van der Waals surface area contributed by atoms with Crippen molar-refractivity contribution < 1.29 is 28.9 Å². The van der Waals surface area contributed by atoms with E-state index in [0.717, 1.165) is 22.2 Å². The Kier molecular flexibility index (Phi) is 8.16. The van der Waals surface area contributed by atoms with Crippen molar-refractivity contribution in [3.05, 3.63) is 137 Å². The Hall–Kier alpha value is -5.01. The maximum absolute atomic E-state index is 13.4. The monoisotopic (exact) mass is 573 g/mol. The van der Waals surface area contributed by atoms with Gasteiger partial charge in [-0.3, -0.25) is 4.79 Å². The van der Waals surface area contributed by atoms with Gasteiger partial charge in [-0.1, -0.05) is 78.9 Å². The number of rotatable bonds is 9. The van der Waals surface area contributed by atoms with Crippen molar-refractivity contribution in [1.82, 2.24) is 4.98 Å². The molecule has 5 aromatic rings. The van der Waals surface area contributed by atoms with E-state index in [-0.39, 0.29) is 29.4 Å². The average molecular weight is 574 g/mol. The zero-order valence-electron chi connectivity index (χ0n) is 23.7. The number of pyridine rings is 1. The van der Waals surface area contributed by atoms with Crippen LogP contribution in [0.4, 0.5) is 0 Å². The van der Waals surface area contributed by atoms with Crippen LogP contribution in [0, 0.1) is 5.92 Å². The Bertz CT molecular complexity index is 1770. The summed E-state index contributed by atoms with van der Waals surface area (Å²) in [5.74, 6) is -0.163. The Labute approximate surface area is 249 Å². The molecular formula is C36H31NO6. The van der Waals surface area contributed by atoms with E-state index in [2.05, 4.69) is 4.98 Å². The van der Waals surface area contributed by atoms with Gasteiger partial charge in [-0.15, -0.1) is 0 Å². The fourth-order valence-corrected chi connectivity index (χ4v) is 5.47. The summed E-state index contributed by atoms with van der Waals surface area (Å²) < 4.78 is 18.3. The minimum Gasteiger partial charge on any atom is -0.493 e. The Balaban J connectivity index is 1.27. The first-order valence-corrected chi connectivity index (χ1v) is 14.2. The molecule has 4 aromatic carbocycles. The molecule has 1 aromatic heterocycles. The molecule has 0 amide bonds. The minimum atomic E-state index is -1.62. The molecule has 1 N–H and O–H groups in total. The van der Waals surface area contributed by atoms with Crippen molar-refractivity contribution in [3.8, 4) is 11.5 Å². The Morgan fingerprint density at radius 2 is 1.70 bits per heavy atom. The fourth-order valence-electron chi connectivity index (χ4n) is 5.47. The fraction of sp³-hybridized carbons (Fsp3) is 0.194. The summed E-state index contributed by atoms with van der Waals surface area (Å²) in [5.41, 5.74) is 3.88. The Morgan fingerprint density at radius 3 is 2.53 bits per heavy atom. The van der Waals surface area contributed by atoms with E-state index in [0.29, 0.717) is 30.1 Å². The zero-order chi connectivity index (χ0) is 29.8. The van der Waals surface area contributed by atoms with Gasteiger partial charge in [-0.2, -0.15) is 0 Å². The van der Waals surface area contributed by atoms with Crippen molar-refractivity contribution in [2.45, 2.75) is 32.2 Å². The van der Waals surface area contributed by atoms with Gasteiger partial charge in [-0.25, -0.2) is 9.78 Å². The number of Topliss-reactive ketones (excluding diaryl/α,β-unsaturated/α-hetero) is 1. The van der Waals surface area contributed by atoms with Crippen LogP contribution >= 0.6 is 0 Å². The predicted octanol–water partition coefficient (Wildman–Crippen LogP) is 6.59. The molecule has 3 atom stereocenters. The molecule has 0 aliphatic carbocycles. The van der Waals surface area contributed by atoms with E-state index in [9.17, 15) is 14.7 Å². The molecule has 1 aliphatic rings. The lowest BCUT2D eigenvalue weighted by atomic mass is 9.87. The summed E-state index contributed by atoms with van der Waals surface area (Å²) >= 11 is 0. The van der Waals surface area contributed by atoms with Gasteiger partial charge in [0.2, 0.25) is 0 Å². The first kappa shape index (κ1) is 28.1. The van der Waals surface area contributed by atoms with Gasteiger partial charge in [0, 0.05) is 28.0 Å². The number of benzene rings is 4. The first-order valence-electron chi connectivity index (χ1n) is 14.2. The van der Waals surface area contributed by atoms with Crippen LogP contribution in [0.15, 0.2) is 109 Å². The lowest BCUT2D eigenvalue weighted by molar-refractivity contribution is -0.164. The van der Waals surface area contributed by atoms with E-state index < -0.39 is 18.2 Å². The summed E-state index contributed by atoms with van der Waals surface area (Å²) in [6, 6.07) is 33.7. The second kappa shape index (κ2) is 12.5. The maximum atomic E-state index is 13.4. The molecule has 0 bridgehead atoms. The third-order valence-electron chi connectivity index (χ3n) is 7.65. The number of esters is 1. The lowest BCUT2D eigenvalue weighted by Crippen LogP contribution is -2.32. The van der Waals surface area contributed by atoms with Crippen LogP contribution in [0.3, 0.4) is 0 Å². The zero-order valence-corrected chi connectivity index (χ0v) is 23.7. The third kappa shape index (κ3) is 6.27. The average Bonchev–Trinajstić information content (AvgIpc) is 3.04. The van der Waals surface area contributed by atoms with Crippen LogP contribution in [0.1, 0.15) is 51.9 Å². The number of para-hydroxylation sites is 1. The molecule has 0 fully saturated rings. The molecule has 2 heterocycles. The highest BCUT2D eigenvalue weighted by Crippen LogP contribution is 2.42. The topological polar surface area (TPSA) is 95.0 Å². The van der Waals surface area contributed by atoms with Gasteiger partial charge >= 0.3 is 5.97 Å². The van der Waals surface area contributed by atoms with Crippen LogP contribution in [0.25, 0.3) is 10.9 Å². The van der Waals surface area contributed by atoms with Gasteiger partial charge in [0.1, 0.15) is 24.2 Å². The van der Waals surface area contributed by atoms with E-state index in [1.54, 1.807) is 30.3 Å². The number of hydrogen-bond acceptors (Lipinski definition) is 7. The largest absolute Gasteiger partial charge is 0.493 e. The number of ether oxygens (including phenoxy) is 3. The minimum absolute atomic E-state index is 0.215. The van der Waals surface area contributed by atoms with Crippen molar-refractivity contribution in [1.29, 1.82) is 0 Å². The molecule has 7 heteroatoms. The van der Waals surface area contributed by atoms with Gasteiger partial charge in [0.05, 0.1) is 17.8 Å². The normalized spacial score (nSPS) is 16.5. The number of fused-ring (bicyclic) bond motifs is 2. The number of aromatic nitrogens is 1. The van der Waals surface area contributed by atoms with Crippen molar-refractivity contribution in [2.75, 3.05) is 6.61 Å². The summed E-state index contributed by atoms with van der Waals surface area (Å²) in [7, 11) is 0. The number of aliphatic hydroxyl groups excluding tert-OH is 1. The maximum Gasteiger partial charge on any atom is 0.340 e. The summed E-state index contributed by atoms with van der Waals surface area (Å²) in [6.07, 6.45) is -1.76. The number of hydrogen-bond donors (Lipinski definition) is 1.